The molecule has 1 amide bonds. The van der Waals surface area contributed by atoms with Gasteiger partial charge >= 0.3 is 0 Å². The summed E-state index contributed by atoms with van der Waals surface area (Å²) >= 11 is 7.56. The van der Waals surface area contributed by atoms with Crippen molar-refractivity contribution in [2.45, 2.75) is 20.1 Å². The van der Waals surface area contributed by atoms with Gasteiger partial charge in [-0.05, 0) is 53.8 Å². The third kappa shape index (κ3) is 5.51. The van der Waals surface area contributed by atoms with Crippen molar-refractivity contribution in [1.82, 2.24) is 9.78 Å². The van der Waals surface area contributed by atoms with Crippen molar-refractivity contribution in [3.8, 4) is 5.75 Å². The molecule has 0 fully saturated rings. The Kier molecular flexibility index (Phi) is 6.34. The highest BCUT2D eigenvalue weighted by Gasteiger charge is 2.15. The summed E-state index contributed by atoms with van der Waals surface area (Å²) in [6.45, 7) is 2.79. The number of hydrogen-bond acceptors (Lipinski definition) is 4. The zero-order valence-corrected chi connectivity index (χ0v) is 18.2. The molecule has 0 unspecified atom stereocenters. The molecule has 5 nitrogen and oxygen atoms in total. The van der Waals surface area contributed by atoms with Crippen molar-refractivity contribution in [2.75, 3.05) is 5.32 Å². The van der Waals surface area contributed by atoms with Crippen molar-refractivity contribution >= 4 is 34.7 Å². The van der Waals surface area contributed by atoms with Crippen LogP contribution in [0.1, 0.15) is 26.4 Å². The summed E-state index contributed by atoms with van der Waals surface area (Å²) in [5, 5.41) is 9.28. The highest BCUT2D eigenvalue weighted by atomic mass is 35.5. The second-order valence-corrected chi connectivity index (χ2v) is 8.35. The first-order valence-electron chi connectivity index (χ1n) is 9.52. The van der Waals surface area contributed by atoms with E-state index in [9.17, 15) is 9.18 Å². The number of thiophene rings is 1. The van der Waals surface area contributed by atoms with Crippen LogP contribution in [0, 0.1) is 12.7 Å². The minimum absolute atomic E-state index is 0.278. The van der Waals surface area contributed by atoms with Gasteiger partial charge in [-0.3, -0.25) is 9.48 Å². The molecule has 0 bridgehead atoms. The topological polar surface area (TPSA) is 56.1 Å². The molecule has 0 atom stereocenters. The van der Waals surface area contributed by atoms with Crippen LogP contribution in [0.15, 0.2) is 66.2 Å². The number of nitrogens with one attached hydrogen (secondary N) is 1. The van der Waals surface area contributed by atoms with Gasteiger partial charge in [0.1, 0.15) is 23.2 Å². The average molecular weight is 456 g/mol. The fraction of sp³-hybridized carbons (Fsp3) is 0.130. The van der Waals surface area contributed by atoms with E-state index in [-0.39, 0.29) is 17.5 Å². The third-order valence-corrected chi connectivity index (χ3v) is 5.73. The Labute approximate surface area is 188 Å². The molecular weight excluding hydrogens is 437 g/mol. The lowest BCUT2D eigenvalue weighted by molar-refractivity contribution is 0.103. The van der Waals surface area contributed by atoms with Crippen LogP contribution in [0.3, 0.4) is 0 Å². The van der Waals surface area contributed by atoms with Gasteiger partial charge in [-0.15, -0.1) is 11.3 Å². The first kappa shape index (κ1) is 21.1. The molecule has 0 aliphatic carbocycles. The summed E-state index contributed by atoms with van der Waals surface area (Å²) in [5.41, 5.74) is 2.90. The second-order valence-electron chi connectivity index (χ2n) is 7.03. The van der Waals surface area contributed by atoms with Crippen LogP contribution in [0.4, 0.5) is 10.2 Å². The normalized spacial score (nSPS) is 10.8. The van der Waals surface area contributed by atoms with Gasteiger partial charge in [0.25, 0.3) is 5.91 Å². The van der Waals surface area contributed by atoms with Crippen molar-refractivity contribution < 1.29 is 13.9 Å². The van der Waals surface area contributed by atoms with E-state index in [1.54, 1.807) is 29.1 Å². The lowest BCUT2D eigenvalue weighted by Gasteiger charge is -2.05. The summed E-state index contributed by atoms with van der Waals surface area (Å²) in [5.74, 6) is 0.478. The Bertz CT molecular complexity index is 1200. The Morgan fingerprint density at radius 1 is 1.19 bits per heavy atom. The number of rotatable bonds is 7. The molecule has 2 aromatic heterocycles. The molecular formula is C23H19ClFN3O2S. The Morgan fingerprint density at radius 3 is 2.77 bits per heavy atom. The predicted octanol–water partition coefficient (Wildman–Crippen LogP) is 5.93. The number of anilines is 1. The third-order valence-electron chi connectivity index (χ3n) is 4.48. The van der Waals surface area contributed by atoms with Crippen LogP contribution in [-0.4, -0.2) is 15.7 Å². The maximum absolute atomic E-state index is 13.1. The van der Waals surface area contributed by atoms with E-state index in [2.05, 4.69) is 10.4 Å². The zero-order valence-electron chi connectivity index (χ0n) is 16.6. The quantitative estimate of drug-likeness (QED) is 0.376. The average Bonchev–Trinajstić information content (AvgIpc) is 3.35. The number of nitrogens with zero attached hydrogens (tertiary/aromatic N) is 2. The number of benzene rings is 2. The SMILES string of the molecule is Cc1cccc(OCc2csc(C(=O)Nc3nn(Cc4ccc(F)cc4)cc3Cl)c2)c1. The molecule has 2 aromatic carbocycles. The number of carbonyl (C=O) groups is 1. The number of carbonyl (C=O) groups excluding carboxylic acids is 1. The minimum Gasteiger partial charge on any atom is -0.489 e. The summed E-state index contributed by atoms with van der Waals surface area (Å²) < 4.78 is 20.4. The van der Waals surface area contributed by atoms with Crippen LogP contribution in [-0.2, 0) is 13.2 Å². The Balaban J connectivity index is 1.37. The number of hydrogen-bond donors (Lipinski definition) is 1. The van der Waals surface area contributed by atoms with Crippen LogP contribution < -0.4 is 10.1 Å². The molecule has 4 rings (SSSR count). The molecule has 31 heavy (non-hydrogen) atoms. The molecule has 4 aromatic rings. The Hall–Kier alpha value is -3.16. The fourth-order valence-corrected chi connectivity index (χ4v) is 3.94. The number of aryl methyl sites for hydroxylation is 1. The smallest absolute Gasteiger partial charge is 0.266 e. The molecule has 0 aliphatic rings. The van der Waals surface area contributed by atoms with E-state index in [0.29, 0.717) is 23.1 Å². The van der Waals surface area contributed by atoms with Gasteiger partial charge in [-0.1, -0.05) is 35.9 Å². The maximum Gasteiger partial charge on any atom is 0.266 e. The van der Waals surface area contributed by atoms with Crippen LogP contribution in [0.25, 0.3) is 0 Å². The van der Waals surface area contributed by atoms with E-state index < -0.39 is 0 Å². The summed E-state index contributed by atoms with van der Waals surface area (Å²) in [7, 11) is 0. The van der Waals surface area contributed by atoms with E-state index in [1.807, 2.05) is 36.6 Å². The maximum atomic E-state index is 13.1. The summed E-state index contributed by atoms with van der Waals surface area (Å²) in [6.07, 6.45) is 1.62. The largest absolute Gasteiger partial charge is 0.489 e. The first-order chi connectivity index (χ1) is 15.0. The van der Waals surface area contributed by atoms with Gasteiger partial charge in [0.2, 0.25) is 0 Å². The molecule has 0 spiro atoms. The van der Waals surface area contributed by atoms with E-state index in [0.717, 1.165) is 22.4 Å². The van der Waals surface area contributed by atoms with Crippen molar-refractivity contribution in [1.29, 1.82) is 0 Å². The van der Waals surface area contributed by atoms with Gasteiger partial charge in [-0.2, -0.15) is 5.10 Å². The van der Waals surface area contributed by atoms with Crippen molar-refractivity contribution in [3.05, 3.63) is 98.6 Å². The van der Waals surface area contributed by atoms with Gasteiger partial charge in [0.05, 0.1) is 11.4 Å². The lowest BCUT2D eigenvalue weighted by atomic mass is 10.2. The molecule has 0 radical (unpaired) electrons. The second kappa shape index (κ2) is 9.32. The first-order valence-corrected chi connectivity index (χ1v) is 10.8. The van der Waals surface area contributed by atoms with Crippen molar-refractivity contribution in [2.24, 2.45) is 0 Å². The van der Waals surface area contributed by atoms with E-state index >= 15 is 0 Å². The highest BCUT2D eigenvalue weighted by molar-refractivity contribution is 7.12. The van der Waals surface area contributed by atoms with Crippen LogP contribution in [0.2, 0.25) is 5.02 Å². The van der Waals surface area contributed by atoms with Gasteiger partial charge in [0.15, 0.2) is 5.82 Å². The molecule has 0 saturated carbocycles. The summed E-state index contributed by atoms with van der Waals surface area (Å²) in [4.78, 5) is 13.1. The van der Waals surface area contributed by atoms with Gasteiger partial charge < -0.3 is 10.1 Å². The van der Waals surface area contributed by atoms with Gasteiger partial charge in [-0.25, -0.2) is 4.39 Å². The zero-order chi connectivity index (χ0) is 21.8. The van der Waals surface area contributed by atoms with Crippen LogP contribution in [0.5, 0.6) is 5.75 Å². The fourth-order valence-electron chi connectivity index (χ4n) is 2.95. The standard InChI is InChI=1S/C23H19ClFN3O2S/c1-15-3-2-4-19(9-15)30-13-17-10-21(31-14-17)23(29)26-22-20(24)12-28(27-22)11-16-5-7-18(25)8-6-16/h2-10,12,14H,11,13H2,1H3,(H,26,27,29). The highest BCUT2D eigenvalue weighted by Crippen LogP contribution is 2.23. The van der Waals surface area contributed by atoms with Crippen molar-refractivity contribution in [3.63, 3.8) is 0 Å². The van der Waals surface area contributed by atoms with Crippen LogP contribution >= 0.6 is 22.9 Å². The molecule has 8 heteroatoms. The predicted molar refractivity (Wildman–Crippen MR) is 121 cm³/mol. The Morgan fingerprint density at radius 2 is 2.00 bits per heavy atom. The number of halogens is 2. The molecule has 158 valence electrons. The number of amides is 1. The molecule has 0 aliphatic heterocycles. The van der Waals surface area contributed by atoms with E-state index in [4.69, 9.17) is 16.3 Å². The molecule has 2 heterocycles. The molecule has 1 N–H and O–H groups in total. The summed E-state index contributed by atoms with van der Waals surface area (Å²) in [6, 6.07) is 15.7. The number of aromatic nitrogens is 2. The van der Waals surface area contributed by atoms with E-state index in [1.165, 1.54) is 23.5 Å². The lowest BCUT2D eigenvalue weighted by Crippen LogP contribution is -2.11. The minimum atomic E-state index is -0.296. The van der Waals surface area contributed by atoms with Gasteiger partial charge in [0, 0.05) is 11.8 Å². The monoisotopic (exact) mass is 455 g/mol. The molecule has 0 saturated heterocycles. The number of ether oxygens (including phenoxy) is 1.